The lowest BCUT2D eigenvalue weighted by Crippen LogP contribution is -2.29. The Morgan fingerprint density at radius 3 is 2.78 bits per heavy atom. The number of anilines is 1. The predicted molar refractivity (Wildman–Crippen MR) is 100 cm³/mol. The average Bonchev–Trinajstić information content (AvgIpc) is 3.01. The Labute approximate surface area is 159 Å². The third kappa shape index (κ3) is 5.12. The summed E-state index contributed by atoms with van der Waals surface area (Å²) < 4.78 is 20.2. The molecule has 27 heavy (non-hydrogen) atoms. The van der Waals surface area contributed by atoms with Crippen LogP contribution in [0, 0.1) is 0 Å². The van der Waals surface area contributed by atoms with Crippen LogP contribution in [0.15, 0.2) is 47.4 Å². The van der Waals surface area contributed by atoms with Crippen LogP contribution in [0.2, 0.25) is 0 Å². The van der Waals surface area contributed by atoms with E-state index in [9.17, 15) is 14.0 Å². The summed E-state index contributed by atoms with van der Waals surface area (Å²) >= 11 is 1.17. The molecule has 1 saturated heterocycles. The molecule has 3 unspecified atom stereocenters. The van der Waals surface area contributed by atoms with E-state index in [1.54, 1.807) is 30.3 Å². The molecule has 0 radical (unpaired) electrons. The number of amides is 1. The van der Waals surface area contributed by atoms with E-state index in [1.807, 2.05) is 0 Å². The van der Waals surface area contributed by atoms with Crippen LogP contribution in [0.3, 0.4) is 0 Å². The molecule has 2 heterocycles. The lowest BCUT2D eigenvalue weighted by molar-refractivity contribution is 0.102. The van der Waals surface area contributed by atoms with Gasteiger partial charge in [-0.25, -0.2) is 9.18 Å². The van der Waals surface area contributed by atoms with Crippen molar-refractivity contribution >= 4 is 32.1 Å². The quantitative estimate of drug-likeness (QED) is 0.621. The van der Waals surface area contributed by atoms with E-state index in [2.05, 4.69) is 10.3 Å². The average molecular weight is 413 g/mol. The molecule has 3 rings (SSSR count). The number of thioether (sulfide) groups is 1. The topological polar surface area (TPSA) is 114 Å². The van der Waals surface area contributed by atoms with E-state index in [4.69, 9.17) is 14.3 Å². The molecule has 0 spiro atoms. The van der Waals surface area contributed by atoms with Crippen LogP contribution in [0.25, 0.3) is 0 Å². The molecule has 0 bridgehead atoms. The number of benzene rings is 1. The molecule has 1 aromatic carbocycles. The normalized spacial score (nSPS) is 22.1. The molecule has 0 aliphatic carbocycles. The van der Waals surface area contributed by atoms with Gasteiger partial charge in [0.1, 0.15) is 17.4 Å². The molecule has 1 fully saturated rings. The molecule has 1 aliphatic rings. The third-order valence-corrected chi connectivity index (χ3v) is 5.78. The van der Waals surface area contributed by atoms with Crippen LogP contribution in [-0.2, 0) is 4.52 Å². The fraction of sp³-hybridized carbons (Fsp3) is 0.312. The summed E-state index contributed by atoms with van der Waals surface area (Å²) in [6, 6.07) is 9.91. The van der Waals surface area contributed by atoms with Gasteiger partial charge in [-0.3, -0.25) is 9.36 Å². The van der Waals surface area contributed by atoms with Crippen molar-refractivity contribution in [3.8, 4) is 0 Å². The molecular weight excluding hydrogens is 396 g/mol. The molecule has 0 saturated carbocycles. The van der Waals surface area contributed by atoms with Crippen molar-refractivity contribution in [3.63, 3.8) is 0 Å². The summed E-state index contributed by atoms with van der Waals surface area (Å²) in [5.74, 6) is -0.324. The van der Waals surface area contributed by atoms with Crippen LogP contribution >= 0.6 is 20.4 Å². The molecule has 2 aromatic rings. The fourth-order valence-corrected chi connectivity index (χ4v) is 4.48. The van der Waals surface area contributed by atoms with Crippen molar-refractivity contribution in [1.29, 1.82) is 0 Å². The Morgan fingerprint density at radius 2 is 2.11 bits per heavy atom. The fourth-order valence-electron chi connectivity index (χ4n) is 2.66. The van der Waals surface area contributed by atoms with Crippen molar-refractivity contribution < 1.29 is 23.5 Å². The zero-order valence-electron chi connectivity index (χ0n) is 13.9. The van der Waals surface area contributed by atoms with Gasteiger partial charge in [0.2, 0.25) is 0 Å². The van der Waals surface area contributed by atoms with Gasteiger partial charge in [-0.05, 0) is 24.6 Å². The number of halogens is 1. The molecule has 144 valence electrons. The maximum Gasteiger partial charge on any atom is 0.350 e. The van der Waals surface area contributed by atoms with Gasteiger partial charge >= 0.3 is 14.3 Å². The van der Waals surface area contributed by atoms with Crippen molar-refractivity contribution in [2.24, 2.45) is 0 Å². The highest BCUT2D eigenvalue weighted by molar-refractivity contribution is 8.00. The Bertz CT molecular complexity index is 853. The molecule has 1 aromatic heterocycles. The van der Waals surface area contributed by atoms with Crippen molar-refractivity contribution in [2.45, 2.75) is 23.2 Å². The van der Waals surface area contributed by atoms with Crippen LogP contribution < -0.4 is 11.0 Å². The number of hydrogen-bond donors (Lipinski definition) is 3. The van der Waals surface area contributed by atoms with Gasteiger partial charge in [0.25, 0.3) is 5.91 Å². The van der Waals surface area contributed by atoms with Gasteiger partial charge < -0.3 is 19.6 Å². The van der Waals surface area contributed by atoms with Crippen LogP contribution in [-0.4, -0.2) is 43.3 Å². The minimum Gasteiger partial charge on any atom is -0.328 e. The van der Waals surface area contributed by atoms with Crippen molar-refractivity contribution in [1.82, 2.24) is 9.55 Å². The van der Waals surface area contributed by atoms with E-state index < -0.39 is 31.7 Å². The Hall–Kier alpha value is -1.84. The van der Waals surface area contributed by atoms with Gasteiger partial charge in [-0.2, -0.15) is 4.98 Å². The number of carbonyl (C=O) groups excluding carboxylic acids is 1. The largest absolute Gasteiger partial charge is 0.350 e. The SMILES string of the molecule is O=C(Nc1ccn(C2SC(COP(O)O)CC2F)c(=O)n1)c1ccccc1. The van der Waals surface area contributed by atoms with Gasteiger partial charge in [0.15, 0.2) is 0 Å². The van der Waals surface area contributed by atoms with E-state index in [-0.39, 0.29) is 24.1 Å². The highest BCUT2D eigenvalue weighted by Gasteiger charge is 2.37. The first-order valence-electron chi connectivity index (χ1n) is 8.00. The number of alkyl halides is 1. The predicted octanol–water partition coefficient (Wildman–Crippen LogP) is 2.07. The van der Waals surface area contributed by atoms with Crippen LogP contribution in [0.5, 0.6) is 0 Å². The number of carbonyl (C=O) groups is 1. The number of nitrogens with zero attached hydrogens (tertiary/aromatic N) is 2. The lowest BCUT2D eigenvalue weighted by Gasteiger charge is -2.16. The first-order chi connectivity index (χ1) is 12.9. The summed E-state index contributed by atoms with van der Waals surface area (Å²) in [6.07, 6.45) is 0.197. The minimum atomic E-state index is -2.49. The Balaban J connectivity index is 1.68. The maximum atomic E-state index is 14.3. The van der Waals surface area contributed by atoms with Gasteiger partial charge in [0.05, 0.1) is 6.61 Å². The third-order valence-electron chi connectivity index (χ3n) is 3.89. The zero-order valence-corrected chi connectivity index (χ0v) is 15.6. The second-order valence-electron chi connectivity index (χ2n) is 5.77. The summed E-state index contributed by atoms with van der Waals surface area (Å²) in [6.45, 7) is -0.0202. The lowest BCUT2D eigenvalue weighted by atomic mass is 10.2. The summed E-state index contributed by atoms with van der Waals surface area (Å²) in [5.41, 5.74) is -0.261. The monoisotopic (exact) mass is 413 g/mol. The number of hydrogen-bond acceptors (Lipinski definition) is 7. The molecule has 1 aliphatic heterocycles. The van der Waals surface area contributed by atoms with Crippen LogP contribution in [0.1, 0.15) is 22.2 Å². The zero-order chi connectivity index (χ0) is 19.4. The van der Waals surface area contributed by atoms with Gasteiger partial charge in [-0.15, -0.1) is 11.8 Å². The number of nitrogens with one attached hydrogen (secondary N) is 1. The Morgan fingerprint density at radius 1 is 1.37 bits per heavy atom. The van der Waals surface area contributed by atoms with Gasteiger partial charge in [0, 0.05) is 17.0 Å². The highest BCUT2D eigenvalue weighted by Crippen LogP contribution is 2.44. The van der Waals surface area contributed by atoms with Gasteiger partial charge in [-0.1, -0.05) is 18.2 Å². The first-order valence-corrected chi connectivity index (χ1v) is 10.1. The van der Waals surface area contributed by atoms with Crippen molar-refractivity contribution in [3.05, 3.63) is 58.6 Å². The van der Waals surface area contributed by atoms with Crippen molar-refractivity contribution in [2.75, 3.05) is 11.9 Å². The Kier molecular flexibility index (Phi) is 6.56. The second kappa shape index (κ2) is 8.90. The molecule has 8 nitrogen and oxygen atoms in total. The number of aromatic nitrogens is 2. The smallest absolute Gasteiger partial charge is 0.328 e. The summed E-state index contributed by atoms with van der Waals surface area (Å²) in [4.78, 5) is 45.8. The second-order valence-corrected chi connectivity index (χ2v) is 7.96. The molecule has 11 heteroatoms. The van der Waals surface area contributed by atoms with E-state index in [1.165, 1.54) is 24.0 Å². The minimum absolute atomic E-state index is 0.0202. The number of rotatable bonds is 6. The molecule has 3 N–H and O–H groups in total. The van der Waals surface area contributed by atoms with E-state index >= 15 is 0 Å². The maximum absolute atomic E-state index is 14.3. The molecule has 1 amide bonds. The summed E-state index contributed by atoms with van der Waals surface area (Å²) in [7, 11) is -2.49. The highest BCUT2D eigenvalue weighted by atomic mass is 32.2. The van der Waals surface area contributed by atoms with E-state index in [0.29, 0.717) is 5.56 Å². The first kappa shape index (κ1) is 19.9. The van der Waals surface area contributed by atoms with Crippen LogP contribution in [0.4, 0.5) is 10.2 Å². The molecular formula is C16H17FN3O5PS. The standard InChI is InChI=1S/C16H17FN3O5PS/c17-12-8-11(9-25-26(23)24)27-15(12)20-7-6-13(19-16(20)22)18-14(21)10-4-2-1-3-5-10/h1-7,11-12,15,23-24H,8-9H2,(H,18,19,21,22). The summed E-state index contributed by atoms with van der Waals surface area (Å²) in [5, 5.41) is 1.43. The molecule has 3 atom stereocenters. The van der Waals surface area contributed by atoms with E-state index in [0.717, 1.165) is 4.57 Å².